The average Bonchev–Trinajstić information content (AvgIpc) is 3.79. The van der Waals surface area contributed by atoms with Gasteiger partial charge in [0.05, 0.1) is 34.6 Å². The number of halogens is 1. The maximum atomic E-state index is 15.6. The number of fused-ring (bicyclic) bond motifs is 5. The van der Waals surface area contributed by atoms with Crippen LogP contribution in [-0.4, -0.2) is 50.5 Å². The molecular formula is C32H36FN5O4. The van der Waals surface area contributed by atoms with Crippen LogP contribution >= 0.6 is 0 Å². The Morgan fingerprint density at radius 3 is 2.79 bits per heavy atom. The Balaban J connectivity index is 1.74. The molecule has 2 atom stereocenters. The molecule has 0 amide bonds. The van der Waals surface area contributed by atoms with Crippen LogP contribution in [0, 0.1) is 18.7 Å². The summed E-state index contributed by atoms with van der Waals surface area (Å²) in [6.07, 6.45) is 2.67. The van der Waals surface area contributed by atoms with Crippen molar-refractivity contribution in [2.24, 2.45) is 5.92 Å². The zero-order chi connectivity index (χ0) is 29.5. The van der Waals surface area contributed by atoms with Gasteiger partial charge in [0.15, 0.2) is 5.65 Å². The van der Waals surface area contributed by atoms with Crippen LogP contribution in [-0.2, 0) is 4.74 Å². The quantitative estimate of drug-likeness (QED) is 0.300. The third-order valence-corrected chi connectivity index (χ3v) is 7.84. The van der Waals surface area contributed by atoms with Crippen molar-refractivity contribution in [1.29, 1.82) is 0 Å². The van der Waals surface area contributed by atoms with Crippen LogP contribution in [0.3, 0.4) is 0 Å². The molecule has 6 rings (SSSR count). The molecule has 2 aliphatic rings. The van der Waals surface area contributed by atoms with Gasteiger partial charge in [0.2, 0.25) is 0 Å². The van der Waals surface area contributed by atoms with Crippen LogP contribution < -0.4 is 15.7 Å². The van der Waals surface area contributed by atoms with E-state index >= 15 is 4.39 Å². The van der Waals surface area contributed by atoms with Crippen LogP contribution in [0.5, 0.6) is 5.75 Å². The lowest BCUT2D eigenvalue weighted by atomic mass is 9.97. The Hall–Kier alpha value is -3.89. The Labute approximate surface area is 243 Å². The summed E-state index contributed by atoms with van der Waals surface area (Å²) in [5.74, 6) is 0.465. The lowest BCUT2D eigenvalue weighted by Crippen LogP contribution is -2.32. The number of ether oxygens (including phenoxy) is 2. The highest BCUT2D eigenvalue weighted by Gasteiger charge is 2.33. The molecule has 9 nitrogen and oxygen atoms in total. The van der Waals surface area contributed by atoms with Crippen LogP contribution in [0.15, 0.2) is 41.3 Å². The number of benzene rings is 1. The molecule has 0 radical (unpaired) electrons. The fourth-order valence-corrected chi connectivity index (χ4v) is 5.51. The van der Waals surface area contributed by atoms with E-state index in [4.69, 9.17) is 14.5 Å². The van der Waals surface area contributed by atoms with Crippen molar-refractivity contribution >= 4 is 16.9 Å². The average molecular weight is 574 g/mol. The molecule has 2 N–H and O–H groups in total. The zero-order valence-electron chi connectivity index (χ0n) is 24.4. The number of hydrogen-bond acceptors (Lipinski definition) is 8. The van der Waals surface area contributed by atoms with E-state index in [2.05, 4.69) is 15.3 Å². The second-order valence-corrected chi connectivity index (χ2v) is 11.5. The number of aryl methyl sites for hydroxylation is 1. The molecule has 2 unspecified atom stereocenters. The van der Waals surface area contributed by atoms with E-state index < -0.39 is 23.7 Å². The predicted molar refractivity (Wildman–Crippen MR) is 159 cm³/mol. The fraction of sp³-hybridized carbons (Fsp3) is 0.438. The van der Waals surface area contributed by atoms with E-state index in [9.17, 15) is 9.90 Å². The normalized spacial score (nSPS) is 18.3. The highest BCUT2D eigenvalue weighted by molar-refractivity contribution is 5.91. The molecular weight excluding hydrogens is 537 g/mol. The maximum Gasteiger partial charge on any atom is 0.355 e. The number of aromatic nitrogens is 4. The fourth-order valence-electron chi connectivity index (χ4n) is 5.51. The van der Waals surface area contributed by atoms with Crippen LogP contribution in [0.25, 0.3) is 28.0 Å². The summed E-state index contributed by atoms with van der Waals surface area (Å²) in [4.78, 5) is 28.2. The number of aliphatic hydroxyl groups excluding tert-OH is 1. The van der Waals surface area contributed by atoms with Crippen molar-refractivity contribution in [3.8, 4) is 22.7 Å². The summed E-state index contributed by atoms with van der Waals surface area (Å²) in [5, 5.41) is 15.5. The Morgan fingerprint density at radius 1 is 1.24 bits per heavy atom. The largest absolute Gasteiger partial charge is 0.490 e. The molecule has 0 saturated heterocycles. The first kappa shape index (κ1) is 28.2. The predicted octanol–water partition coefficient (Wildman–Crippen LogP) is 5.46. The topological polar surface area (TPSA) is 111 Å². The molecule has 1 fully saturated rings. The third kappa shape index (κ3) is 5.13. The van der Waals surface area contributed by atoms with Crippen molar-refractivity contribution in [2.45, 2.75) is 65.1 Å². The summed E-state index contributed by atoms with van der Waals surface area (Å²) >= 11 is 0. The molecule has 10 heteroatoms. The smallest absolute Gasteiger partial charge is 0.355 e. The number of anilines is 1. The van der Waals surface area contributed by atoms with Gasteiger partial charge in [0.1, 0.15) is 36.2 Å². The van der Waals surface area contributed by atoms with Crippen LogP contribution in [0.1, 0.15) is 68.9 Å². The summed E-state index contributed by atoms with van der Waals surface area (Å²) in [7, 11) is 0. The van der Waals surface area contributed by atoms with Crippen molar-refractivity contribution < 1.29 is 19.0 Å². The maximum absolute atomic E-state index is 15.6. The summed E-state index contributed by atoms with van der Waals surface area (Å²) in [5.41, 5.74) is 2.62. The molecule has 3 aromatic heterocycles. The number of nitrogens with zero attached hydrogens (tertiary/aromatic N) is 4. The van der Waals surface area contributed by atoms with E-state index in [1.165, 1.54) is 10.6 Å². The first-order valence-electron chi connectivity index (χ1n) is 14.7. The minimum atomic E-state index is -1.13. The first-order chi connectivity index (χ1) is 20.3. The van der Waals surface area contributed by atoms with Crippen molar-refractivity contribution in [1.82, 2.24) is 19.5 Å². The highest BCUT2D eigenvalue weighted by atomic mass is 19.1. The highest BCUT2D eigenvalue weighted by Crippen LogP contribution is 2.40. The number of hydrogen-bond donors (Lipinski definition) is 2. The summed E-state index contributed by atoms with van der Waals surface area (Å²) in [6.45, 7) is 8.76. The second kappa shape index (κ2) is 11.4. The lowest BCUT2D eigenvalue weighted by Gasteiger charge is -2.29. The van der Waals surface area contributed by atoms with Gasteiger partial charge in [-0.25, -0.2) is 18.7 Å². The van der Waals surface area contributed by atoms with Gasteiger partial charge in [-0.15, -0.1) is 0 Å². The van der Waals surface area contributed by atoms with Crippen LogP contribution in [0.2, 0.25) is 0 Å². The van der Waals surface area contributed by atoms with E-state index in [0.717, 1.165) is 19.3 Å². The molecule has 220 valence electrons. The molecule has 0 spiro atoms. The molecule has 4 heterocycles. The van der Waals surface area contributed by atoms with Crippen LogP contribution in [0.4, 0.5) is 10.2 Å². The van der Waals surface area contributed by atoms with E-state index in [1.54, 1.807) is 24.4 Å². The number of nitrogens with one attached hydrogen (secondary N) is 1. The number of aliphatic hydroxyl groups is 1. The standard InChI is InChI=1S/C32H36FN5O4/c1-5-12-35-30-21-14-18(4)27-25-22(33)7-6-8-24(25)41-16-23(39)29(42-15-19-9-10-19)20-11-13-34-26(17(2)3)28(20)38(31(21)36-27)32(40)37-30/h6-8,11,13-14,17,19,23,29,39H,5,9-10,12,15-16H2,1-4H3,(H,35,37,40). The zero-order valence-corrected chi connectivity index (χ0v) is 24.4. The number of rotatable bonds is 7. The van der Waals surface area contributed by atoms with Gasteiger partial charge in [0.25, 0.3) is 0 Å². The molecule has 1 aromatic carbocycles. The van der Waals surface area contributed by atoms with Gasteiger partial charge in [-0.05, 0) is 67.9 Å². The summed E-state index contributed by atoms with van der Waals surface area (Å²) in [6, 6.07) is 8.22. The van der Waals surface area contributed by atoms with E-state index in [0.29, 0.717) is 64.1 Å². The Kier molecular flexibility index (Phi) is 7.67. The van der Waals surface area contributed by atoms with E-state index in [1.807, 2.05) is 33.8 Å². The molecule has 2 bridgehead atoms. The molecule has 42 heavy (non-hydrogen) atoms. The first-order valence-corrected chi connectivity index (χ1v) is 14.7. The molecule has 1 aliphatic carbocycles. The summed E-state index contributed by atoms with van der Waals surface area (Å²) < 4.78 is 29.5. The van der Waals surface area contributed by atoms with Gasteiger partial charge in [-0.2, -0.15) is 4.98 Å². The van der Waals surface area contributed by atoms with Gasteiger partial charge >= 0.3 is 5.69 Å². The third-order valence-electron chi connectivity index (χ3n) is 7.84. The van der Waals surface area contributed by atoms with Gasteiger partial charge in [0, 0.05) is 18.3 Å². The molecule has 1 aliphatic heterocycles. The van der Waals surface area contributed by atoms with Gasteiger partial charge in [-0.3, -0.25) is 4.98 Å². The SMILES string of the molecule is CCCNc1nc(=O)n2c3nc(c(C)cc13)-c1c(F)cccc1OCC(O)C(OCC1CC1)c1ccnc(C(C)C)c1-2. The van der Waals surface area contributed by atoms with Gasteiger partial charge in [-0.1, -0.05) is 26.8 Å². The van der Waals surface area contributed by atoms with Crippen molar-refractivity contribution in [3.05, 3.63) is 69.7 Å². The molecule has 1 saturated carbocycles. The minimum absolute atomic E-state index is 0.0896. The Bertz CT molecular complexity index is 1700. The lowest BCUT2D eigenvalue weighted by molar-refractivity contribution is -0.0591. The monoisotopic (exact) mass is 573 g/mol. The number of pyridine rings is 2. The second-order valence-electron chi connectivity index (χ2n) is 11.5. The van der Waals surface area contributed by atoms with E-state index in [-0.39, 0.29) is 23.8 Å². The van der Waals surface area contributed by atoms with Crippen molar-refractivity contribution in [3.63, 3.8) is 0 Å². The molecule has 4 aromatic rings. The Morgan fingerprint density at radius 2 is 2.05 bits per heavy atom. The minimum Gasteiger partial charge on any atom is -0.490 e. The van der Waals surface area contributed by atoms with Gasteiger partial charge < -0.3 is 19.9 Å². The van der Waals surface area contributed by atoms with Crippen molar-refractivity contribution in [2.75, 3.05) is 25.1 Å².